The average Bonchev–Trinajstić information content (AvgIpc) is 2.49. The summed E-state index contributed by atoms with van der Waals surface area (Å²) in [6.07, 6.45) is 2.08. The Balaban J connectivity index is 2.37. The number of benzene rings is 1. The summed E-state index contributed by atoms with van der Waals surface area (Å²) in [7, 11) is -3.65. The van der Waals surface area contributed by atoms with Gasteiger partial charge < -0.3 is 5.73 Å². The number of hydrogen-bond donors (Lipinski definition) is 2. The van der Waals surface area contributed by atoms with E-state index in [1.807, 2.05) is 32.0 Å². The Labute approximate surface area is 125 Å². The second-order valence-corrected chi connectivity index (χ2v) is 6.44. The maximum Gasteiger partial charge on any atom is 0.263 e. The fourth-order valence-electron chi connectivity index (χ4n) is 2.05. The maximum absolute atomic E-state index is 12.4. The van der Waals surface area contributed by atoms with E-state index in [4.69, 9.17) is 5.73 Å². The van der Waals surface area contributed by atoms with Crippen molar-refractivity contribution in [2.24, 2.45) is 5.73 Å². The fourth-order valence-corrected chi connectivity index (χ4v) is 3.17. The predicted octanol–water partition coefficient (Wildman–Crippen LogP) is 2.21. The molecule has 5 nitrogen and oxygen atoms in total. The van der Waals surface area contributed by atoms with E-state index < -0.39 is 10.0 Å². The Morgan fingerprint density at radius 2 is 2.00 bits per heavy atom. The zero-order valence-electron chi connectivity index (χ0n) is 12.1. The standard InChI is InChI=1S/C15H19N3O2S/c1-3-12-6-4-5-11(2)15(12)18-21(19,20)14-8-7-13(9-16)17-10-14/h4-8,10,18H,3,9,16H2,1-2H3. The van der Waals surface area contributed by atoms with Crippen LogP contribution < -0.4 is 10.5 Å². The molecule has 6 heteroatoms. The highest BCUT2D eigenvalue weighted by Crippen LogP contribution is 2.24. The molecule has 0 atom stereocenters. The second kappa shape index (κ2) is 6.24. The Morgan fingerprint density at radius 1 is 1.24 bits per heavy atom. The zero-order chi connectivity index (χ0) is 15.5. The van der Waals surface area contributed by atoms with Gasteiger partial charge in [0.05, 0.1) is 11.4 Å². The third-order valence-electron chi connectivity index (χ3n) is 3.29. The zero-order valence-corrected chi connectivity index (χ0v) is 12.9. The van der Waals surface area contributed by atoms with Crippen LogP contribution in [-0.2, 0) is 23.0 Å². The Hall–Kier alpha value is -1.92. The van der Waals surface area contributed by atoms with Gasteiger partial charge in [0, 0.05) is 12.7 Å². The minimum atomic E-state index is -3.65. The van der Waals surface area contributed by atoms with Gasteiger partial charge in [-0.1, -0.05) is 25.1 Å². The van der Waals surface area contributed by atoms with Crippen LogP contribution in [0.4, 0.5) is 5.69 Å². The third-order valence-corrected chi connectivity index (χ3v) is 4.63. The van der Waals surface area contributed by atoms with Crippen molar-refractivity contribution in [1.82, 2.24) is 4.98 Å². The molecule has 0 saturated carbocycles. The van der Waals surface area contributed by atoms with Crippen LogP contribution >= 0.6 is 0 Å². The van der Waals surface area contributed by atoms with Crippen LogP contribution in [0, 0.1) is 6.92 Å². The first-order chi connectivity index (χ1) is 9.97. The van der Waals surface area contributed by atoms with Crippen molar-refractivity contribution in [1.29, 1.82) is 0 Å². The number of anilines is 1. The van der Waals surface area contributed by atoms with Crippen molar-refractivity contribution in [2.75, 3.05) is 4.72 Å². The van der Waals surface area contributed by atoms with Crippen LogP contribution in [-0.4, -0.2) is 13.4 Å². The molecule has 0 radical (unpaired) electrons. The summed E-state index contributed by atoms with van der Waals surface area (Å²) < 4.78 is 27.5. The summed E-state index contributed by atoms with van der Waals surface area (Å²) in [6.45, 7) is 4.16. The average molecular weight is 305 g/mol. The van der Waals surface area contributed by atoms with Crippen molar-refractivity contribution in [2.45, 2.75) is 31.7 Å². The molecule has 3 N–H and O–H groups in total. The van der Waals surface area contributed by atoms with Crippen molar-refractivity contribution in [3.63, 3.8) is 0 Å². The normalized spacial score (nSPS) is 11.4. The maximum atomic E-state index is 12.4. The van der Waals surface area contributed by atoms with E-state index in [9.17, 15) is 8.42 Å². The third kappa shape index (κ3) is 3.40. The largest absolute Gasteiger partial charge is 0.325 e. The van der Waals surface area contributed by atoms with Crippen LogP contribution in [0.2, 0.25) is 0 Å². The molecular weight excluding hydrogens is 286 g/mol. The number of nitrogens with two attached hydrogens (primary N) is 1. The lowest BCUT2D eigenvalue weighted by atomic mass is 10.1. The van der Waals surface area contributed by atoms with E-state index in [1.54, 1.807) is 6.07 Å². The molecule has 0 bridgehead atoms. The van der Waals surface area contributed by atoms with Crippen molar-refractivity contribution < 1.29 is 8.42 Å². The van der Waals surface area contributed by atoms with E-state index in [1.165, 1.54) is 12.3 Å². The molecule has 0 aliphatic carbocycles. The SMILES string of the molecule is CCc1cccc(C)c1NS(=O)(=O)c1ccc(CN)nc1. The first-order valence-electron chi connectivity index (χ1n) is 6.74. The number of nitrogens with zero attached hydrogens (tertiary/aromatic N) is 1. The molecule has 2 aromatic rings. The fraction of sp³-hybridized carbons (Fsp3) is 0.267. The number of nitrogens with one attached hydrogen (secondary N) is 1. The lowest BCUT2D eigenvalue weighted by Gasteiger charge is -2.14. The molecular formula is C15H19N3O2S. The number of pyridine rings is 1. The summed E-state index contributed by atoms with van der Waals surface area (Å²) >= 11 is 0. The summed E-state index contributed by atoms with van der Waals surface area (Å²) in [5.74, 6) is 0. The number of para-hydroxylation sites is 1. The molecule has 0 aliphatic rings. The molecule has 1 heterocycles. The highest BCUT2D eigenvalue weighted by Gasteiger charge is 2.17. The minimum absolute atomic E-state index is 0.130. The molecule has 0 spiro atoms. The number of sulfonamides is 1. The van der Waals surface area contributed by atoms with Crippen molar-refractivity contribution >= 4 is 15.7 Å². The molecule has 0 saturated heterocycles. The van der Waals surface area contributed by atoms with Gasteiger partial charge in [-0.05, 0) is 36.6 Å². The molecule has 1 aromatic carbocycles. The van der Waals surface area contributed by atoms with E-state index in [0.29, 0.717) is 11.4 Å². The minimum Gasteiger partial charge on any atom is -0.325 e. The van der Waals surface area contributed by atoms with Gasteiger partial charge in [-0.3, -0.25) is 9.71 Å². The molecule has 1 aromatic heterocycles. The van der Waals surface area contributed by atoms with Crippen LogP contribution in [0.5, 0.6) is 0 Å². The van der Waals surface area contributed by atoms with E-state index in [-0.39, 0.29) is 11.4 Å². The molecule has 0 aliphatic heterocycles. The lowest BCUT2D eigenvalue weighted by Crippen LogP contribution is -2.15. The van der Waals surface area contributed by atoms with Gasteiger partial charge in [0.15, 0.2) is 0 Å². The molecule has 0 fully saturated rings. The monoisotopic (exact) mass is 305 g/mol. The summed E-state index contributed by atoms with van der Waals surface area (Å²) in [4.78, 5) is 4.16. The smallest absolute Gasteiger partial charge is 0.263 e. The summed E-state index contributed by atoms with van der Waals surface area (Å²) in [6, 6.07) is 8.85. The predicted molar refractivity (Wildman–Crippen MR) is 83.5 cm³/mol. The first-order valence-corrected chi connectivity index (χ1v) is 8.22. The van der Waals surface area contributed by atoms with Gasteiger partial charge in [0.1, 0.15) is 4.90 Å². The van der Waals surface area contributed by atoms with Crippen LogP contribution in [0.1, 0.15) is 23.7 Å². The van der Waals surface area contributed by atoms with Gasteiger partial charge in [-0.25, -0.2) is 8.42 Å². The van der Waals surface area contributed by atoms with E-state index in [0.717, 1.165) is 17.5 Å². The van der Waals surface area contributed by atoms with Crippen LogP contribution in [0.15, 0.2) is 41.4 Å². The first kappa shape index (κ1) is 15.5. The molecule has 112 valence electrons. The molecule has 0 amide bonds. The van der Waals surface area contributed by atoms with Gasteiger partial charge in [0.25, 0.3) is 10.0 Å². The summed E-state index contributed by atoms with van der Waals surface area (Å²) in [5.41, 5.74) is 8.61. The lowest BCUT2D eigenvalue weighted by molar-refractivity contribution is 0.600. The Bertz CT molecular complexity index is 725. The van der Waals surface area contributed by atoms with Gasteiger partial charge in [0.2, 0.25) is 0 Å². The molecule has 0 unspecified atom stereocenters. The van der Waals surface area contributed by atoms with Gasteiger partial charge in [-0.2, -0.15) is 0 Å². The van der Waals surface area contributed by atoms with Crippen molar-refractivity contribution in [3.8, 4) is 0 Å². The quantitative estimate of drug-likeness (QED) is 0.887. The molecule has 21 heavy (non-hydrogen) atoms. The number of aromatic nitrogens is 1. The van der Waals surface area contributed by atoms with Crippen molar-refractivity contribution in [3.05, 3.63) is 53.3 Å². The van der Waals surface area contributed by atoms with Crippen LogP contribution in [0.3, 0.4) is 0 Å². The highest BCUT2D eigenvalue weighted by atomic mass is 32.2. The van der Waals surface area contributed by atoms with E-state index in [2.05, 4.69) is 9.71 Å². The topological polar surface area (TPSA) is 85.1 Å². The number of aryl methyl sites for hydroxylation is 2. The number of rotatable bonds is 5. The Kier molecular flexibility index (Phi) is 4.59. The second-order valence-electron chi connectivity index (χ2n) is 4.76. The Morgan fingerprint density at radius 3 is 2.57 bits per heavy atom. The van der Waals surface area contributed by atoms with E-state index >= 15 is 0 Å². The van der Waals surface area contributed by atoms with Gasteiger partial charge in [-0.15, -0.1) is 0 Å². The molecule has 2 rings (SSSR count). The summed E-state index contributed by atoms with van der Waals surface area (Å²) in [5, 5.41) is 0. The highest BCUT2D eigenvalue weighted by molar-refractivity contribution is 7.92. The number of hydrogen-bond acceptors (Lipinski definition) is 4. The van der Waals surface area contributed by atoms with Crippen LogP contribution in [0.25, 0.3) is 0 Å². The van der Waals surface area contributed by atoms with Gasteiger partial charge >= 0.3 is 0 Å².